The molecule has 0 aliphatic rings. The molecule has 0 unspecified atom stereocenters. The normalized spacial score (nSPS) is 8.53. The summed E-state index contributed by atoms with van der Waals surface area (Å²) in [7, 11) is 0. The van der Waals surface area contributed by atoms with E-state index >= 15 is 0 Å². The second-order valence-corrected chi connectivity index (χ2v) is 3.13. The van der Waals surface area contributed by atoms with Gasteiger partial charge in [0.2, 0.25) is 0 Å². The molecule has 0 radical (unpaired) electrons. The number of nitriles is 1. The predicted octanol–water partition coefficient (Wildman–Crippen LogP) is 2.52. The molecule has 15 heavy (non-hydrogen) atoms. The van der Waals surface area contributed by atoms with Gasteiger partial charge in [-0.1, -0.05) is 18.8 Å². The molecule has 2 nitrogen and oxygen atoms in total. The summed E-state index contributed by atoms with van der Waals surface area (Å²) in [6, 6.07) is 6.94. The van der Waals surface area contributed by atoms with E-state index in [1.165, 1.54) is 0 Å². The van der Waals surface area contributed by atoms with Crippen LogP contribution in [0.3, 0.4) is 0 Å². The van der Waals surface area contributed by atoms with Crippen LogP contribution in [-0.2, 0) is 0 Å². The van der Waals surface area contributed by atoms with Gasteiger partial charge in [-0.15, -0.1) is 0 Å². The minimum atomic E-state index is 0.473. The molecule has 2 heteroatoms. The van der Waals surface area contributed by atoms with E-state index in [0.29, 0.717) is 11.1 Å². The van der Waals surface area contributed by atoms with Crippen molar-refractivity contribution in [2.24, 2.45) is 0 Å². The molecule has 0 spiro atoms. The highest BCUT2D eigenvalue weighted by Crippen LogP contribution is 2.07. The Morgan fingerprint density at radius 2 is 2.07 bits per heavy atom. The summed E-state index contributed by atoms with van der Waals surface area (Å²) < 4.78 is 0. The van der Waals surface area contributed by atoms with Crippen molar-refractivity contribution in [3.8, 4) is 17.9 Å². The van der Waals surface area contributed by atoms with Crippen LogP contribution in [0, 0.1) is 23.2 Å². The standard InChI is InChI=1S/C13H11NO/c1-2-3-4-5-11-6-12(9-14)8-13(7-11)10-15/h6-8,10H,2-3H2,1H3. The molecule has 0 fully saturated rings. The Hall–Kier alpha value is -2.06. The molecular weight excluding hydrogens is 186 g/mol. The summed E-state index contributed by atoms with van der Waals surface area (Å²) in [5.41, 5.74) is 1.69. The predicted molar refractivity (Wildman–Crippen MR) is 58.3 cm³/mol. The molecule has 0 saturated carbocycles. The summed E-state index contributed by atoms with van der Waals surface area (Å²) >= 11 is 0. The van der Waals surface area contributed by atoms with Gasteiger partial charge in [0.25, 0.3) is 0 Å². The van der Waals surface area contributed by atoms with Gasteiger partial charge in [-0.3, -0.25) is 4.79 Å². The third-order valence-corrected chi connectivity index (χ3v) is 1.83. The van der Waals surface area contributed by atoms with Gasteiger partial charge in [-0.2, -0.15) is 5.26 Å². The average molecular weight is 197 g/mol. The molecule has 0 saturated heterocycles. The van der Waals surface area contributed by atoms with Crippen LogP contribution >= 0.6 is 0 Å². The Morgan fingerprint density at radius 3 is 2.67 bits per heavy atom. The van der Waals surface area contributed by atoms with Gasteiger partial charge in [-0.05, 0) is 24.6 Å². The Kier molecular flexibility index (Phi) is 4.13. The van der Waals surface area contributed by atoms with Crippen LogP contribution in [0.25, 0.3) is 0 Å². The Balaban J connectivity index is 3.05. The zero-order chi connectivity index (χ0) is 11.1. The van der Waals surface area contributed by atoms with Crippen molar-refractivity contribution in [3.05, 3.63) is 34.9 Å². The van der Waals surface area contributed by atoms with Crippen LogP contribution in [-0.4, -0.2) is 6.29 Å². The quantitative estimate of drug-likeness (QED) is 0.540. The maximum Gasteiger partial charge on any atom is 0.150 e. The lowest BCUT2D eigenvalue weighted by molar-refractivity contribution is 0.112. The number of carbonyl (C=O) groups excluding carboxylic acids is 1. The van der Waals surface area contributed by atoms with Crippen LogP contribution in [0.2, 0.25) is 0 Å². The van der Waals surface area contributed by atoms with Crippen LogP contribution in [0.5, 0.6) is 0 Å². The minimum Gasteiger partial charge on any atom is -0.298 e. The molecule has 1 aromatic carbocycles. The highest BCUT2D eigenvalue weighted by Gasteiger charge is 1.97. The number of nitrogens with zero attached hydrogens (tertiary/aromatic N) is 1. The van der Waals surface area contributed by atoms with Crippen molar-refractivity contribution in [1.29, 1.82) is 5.26 Å². The smallest absolute Gasteiger partial charge is 0.150 e. The highest BCUT2D eigenvalue weighted by atomic mass is 16.1. The summed E-state index contributed by atoms with van der Waals surface area (Å²) in [4.78, 5) is 10.6. The molecule has 0 heterocycles. The fourth-order valence-corrected chi connectivity index (χ4v) is 1.15. The van der Waals surface area contributed by atoms with Gasteiger partial charge in [0.05, 0.1) is 11.6 Å². The molecule has 1 aromatic rings. The number of aldehydes is 1. The zero-order valence-electron chi connectivity index (χ0n) is 8.58. The molecule has 0 amide bonds. The number of hydrogen-bond donors (Lipinski definition) is 0. The highest BCUT2D eigenvalue weighted by molar-refractivity contribution is 5.76. The Bertz CT molecular complexity index is 458. The van der Waals surface area contributed by atoms with Gasteiger partial charge in [0.15, 0.2) is 0 Å². The second-order valence-electron chi connectivity index (χ2n) is 3.13. The van der Waals surface area contributed by atoms with Crippen molar-refractivity contribution in [2.75, 3.05) is 0 Å². The lowest BCUT2D eigenvalue weighted by atomic mass is 10.1. The SMILES string of the molecule is CCCC#Cc1cc(C#N)cc(C=O)c1. The monoisotopic (exact) mass is 197 g/mol. The van der Waals surface area contributed by atoms with Gasteiger partial charge < -0.3 is 0 Å². The molecule has 0 aliphatic carbocycles. The first-order valence-electron chi connectivity index (χ1n) is 4.79. The number of rotatable bonds is 2. The van der Waals surface area contributed by atoms with Gasteiger partial charge >= 0.3 is 0 Å². The molecule has 1 rings (SSSR count). The van der Waals surface area contributed by atoms with Gasteiger partial charge in [0.1, 0.15) is 6.29 Å². The topological polar surface area (TPSA) is 40.9 Å². The number of hydrogen-bond acceptors (Lipinski definition) is 2. The maximum atomic E-state index is 10.6. The lowest BCUT2D eigenvalue weighted by Gasteiger charge is -1.94. The first-order valence-corrected chi connectivity index (χ1v) is 4.79. The van der Waals surface area contributed by atoms with Crippen molar-refractivity contribution in [3.63, 3.8) is 0 Å². The third-order valence-electron chi connectivity index (χ3n) is 1.83. The Morgan fingerprint density at radius 1 is 1.33 bits per heavy atom. The van der Waals surface area contributed by atoms with Crippen LogP contribution < -0.4 is 0 Å². The van der Waals surface area contributed by atoms with E-state index in [0.717, 1.165) is 24.7 Å². The van der Waals surface area contributed by atoms with Crippen molar-refractivity contribution in [1.82, 2.24) is 0 Å². The summed E-state index contributed by atoms with van der Waals surface area (Å²) in [6.07, 6.45) is 2.56. The van der Waals surface area contributed by atoms with Crippen LogP contribution in [0.1, 0.15) is 41.3 Å². The minimum absolute atomic E-state index is 0.473. The van der Waals surface area contributed by atoms with E-state index in [9.17, 15) is 4.79 Å². The van der Waals surface area contributed by atoms with E-state index in [1.807, 2.05) is 6.07 Å². The molecule has 0 aromatic heterocycles. The van der Waals surface area contributed by atoms with Crippen molar-refractivity contribution < 1.29 is 4.79 Å². The van der Waals surface area contributed by atoms with E-state index in [2.05, 4.69) is 18.8 Å². The van der Waals surface area contributed by atoms with Crippen LogP contribution in [0.15, 0.2) is 18.2 Å². The number of unbranched alkanes of at least 4 members (excludes halogenated alkanes) is 1. The fourth-order valence-electron chi connectivity index (χ4n) is 1.15. The molecule has 0 bridgehead atoms. The maximum absolute atomic E-state index is 10.6. The molecular formula is C13H11NO. The van der Waals surface area contributed by atoms with E-state index in [1.54, 1.807) is 18.2 Å². The largest absolute Gasteiger partial charge is 0.298 e. The first kappa shape index (κ1) is 11.0. The summed E-state index contributed by atoms with van der Waals surface area (Å²) in [5, 5.41) is 8.74. The van der Waals surface area contributed by atoms with E-state index in [4.69, 9.17) is 5.26 Å². The fraction of sp³-hybridized carbons (Fsp3) is 0.231. The van der Waals surface area contributed by atoms with E-state index in [-0.39, 0.29) is 0 Å². The van der Waals surface area contributed by atoms with Crippen LogP contribution in [0.4, 0.5) is 0 Å². The molecule has 0 atom stereocenters. The molecule has 0 aliphatic heterocycles. The summed E-state index contributed by atoms with van der Waals surface area (Å²) in [6.45, 7) is 2.05. The van der Waals surface area contributed by atoms with Crippen molar-refractivity contribution in [2.45, 2.75) is 19.8 Å². The molecule has 74 valence electrons. The second kappa shape index (κ2) is 5.62. The van der Waals surface area contributed by atoms with Crippen molar-refractivity contribution >= 4 is 6.29 Å². The number of carbonyl (C=O) groups is 1. The zero-order valence-corrected chi connectivity index (χ0v) is 8.58. The summed E-state index contributed by atoms with van der Waals surface area (Å²) in [5.74, 6) is 5.91. The van der Waals surface area contributed by atoms with E-state index < -0.39 is 0 Å². The van der Waals surface area contributed by atoms with Gasteiger partial charge in [0, 0.05) is 17.5 Å². The first-order chi connectivity index (χ1) is 7.30. The lowest BCUT2D eigenvalue weighted by Crippen LogP contribution is -1.86. The third kappa shape index (κ3) is 3.29. The molecule has 0 N–H and O–H groups in total. The number of benzene rings is 1. The van der Waals surface area contributed by atoms with Gasteiger partial charge in [-0.25, -0.2) is 0 Å². The Labute approximate surface area is 89.5 Å². The average Bonchev–Trinajstić information content (AvgIpc) is 2.29.